The second-order valence-electron chi connectivity index (χ2n) is 7.44. The molecule has 1 saturated heterocycles. The number of nitrogens with one attached hydrogen (secondary N) is 1. The van der Waals surface area contributed by atoms with Crippen molar-refractivity contribution in [2.75, 3.05) is 18.0 Å². The summed E-state index contributed by atoms with van der Waals surface area (Å²) in [6.45, 7) is 6.66. The lowest BCUT2D eigenvalue weighted by atomic mass is 10.1. The Bertz CT molecular complexity index is 989. The molecule has 4 rings (SSSR count). The van der Waals surface area contributed by atoms with Crippen LogP contribution < -0.4 is 10.2 Å². The number of fused-ring (bicyclic) bond motifs is 1. The zero-order valence-corrected chi connectivity index (χ0v) is 17.3. The summed E-state index contributed by atoms with van der Waals surface area (Å²) in [6.07, 6.45) is 6.57. The van der Waals surface area contributed by atoms with Crippen molar-refractivity contribution in [3.8, 4) is 0 Å². The minimum atomic E-state index is -0.0365. The molecule has 28 heavy (non-hydrogen) atoms. The van der Waals surface area contributed by atoms with Crippen LogP contribution in [0.15, 0.2) is 30.6 Å². The summed E-state index contributed by atoms with van der Waals surface area (Å²) in [5.41, 5.74) is 3.31. The van der Waals surface area contributed by atoms with E-state index in [1.807, 2.05) is 19.1 Å². The van der Waals surface area contributed by atoms with Crippen LogP contribution in [0.1, 0.15) is 52.0 Å². The predicted octanol–water partition coefficient (Wildman–Crippen LogP) is 4.62. The van der Waals surface area contributed by atoms with Gasteiger partial charge in [0, 0.05) is 19.6 Å². The van der Waals surface area contributed by atoms with E-state index >= 15 is 0 Å². The monoisotopic (exact) mass is 394 g/mol. The maximum atomic E-state index is 12.9. The van der Waals surface area contributed by atoms with Gasteiger partial charge in [-0.1, -0.05) is 37.1 Å². The first-order chi connectivity index (χ1) is 13.6. The van der Waals surface area contributed by atoms with Gasteiger partial charge in [0.2, 0.25) is 0 Å². The maximum absolute atomic E-state index is 12.9. The summed E-state index contributed by atoms with van der Waals surface area (Å²) >= 11 is 1.46. The smallest absolute Gasteiger partial charge is 0.261 e. The number of rotatable bonds is 4. The number of anilines is 1. The molecule has 146 valence electrons. The molecule has 0 unspecified atom stereocenters. The molecule has 3 aromatic rings. The van der Waals surface area contributed by atoms with E-state index in [0.717, 1.165) is 45.1 Å². The average Bonchev–Trinajstić information content (AvgIpc) is 2.88. The van der Waals surface area contributed by atoms with Crippen LogP contribution in [0.25, 0.3) is 10.2 Å². The summed E-state index contributed by atoms with van der Waals surface area (Å²) in [6, 6.07) is 8.13. The highest BCUT2D eigenvalue weighted by Crippen LogP contribution is 2.35. The second kappa shape index (κ2) is 8.27. The third kappa shape index (κ3) is 3.74. The quantitative estimate of drug-likeness (QED) is 0.702. The third-order valence-electron chi connectivity index (χ3n) is 5.52. The zero-order chi connectivity index (χ0) is 19.5. The molecule has 2 aromatic heterocycles. The Hall–Kier alpha value is -2.47. The number of aromatic nitrogens is 2. The number of aryl methyl sites for hydroxylation is 2. The Kier molecular flexibility index (Phi) is 5.57. The molecule has 1 aliphatic heterocycles. The highest BCUT2D eigenvalue weighted by Gasteiger charge is 2.22. The molecule has 0 saturated carbocycles. The van der Waals surface area contributed by atoms with Crippen LogP contribution in [0.2, 0.25) is 0 Å². The van der Waals surface area contributed by atoms with Gasteiger partial charge in [-0.2, -0.15) is 0 Å². The Morgan fingerprint density at radius 3 is 2.61 bits per heavy atom. The lowest BCUT2D eigenvalue weighted by Crippen LogP contribution is -2.25. The van der Waals surface area contributed by atoms with Crippen molar-refractivity contribution < 1.29 is 4.79 Å². The van der Waals surface area contributed by atoms with Gasteiger partial charge in [-0.25, -0.2) is 9.97 Å². The topological polar surface area (TPSA) is 58.1 Å². The number of carbonyl (C=O) groups is 1. The lowest BCUT2D eigenvalue weighted by molar-refractivity contribution is 0.0954. The van der Waals surface area contributed by atoms with Crippen LogP contribution in [0.4, 0.5) is 5.82 Å². The molecule has 5 nitrogen and oxygen atoms in total. The molecule has 3 heterocycles. The lowest BCUT2D eigenvalue weighted by Gasteiger charge is -2.22. The fraction of sp³-hybridized carbons (Fsp3) is 0.409. The molecule has 6 heteroatoms. The predicted molar refractivity (Wildman–Crippen MR) is 115 cm³/mol. The van der Waals surface area contributed by atoms with E-state index in [9.17, 15) is 4.79 Å². The summed E-state index contributed by atoms with van der Waals surface area (Å²) in [7, 11) is 0. The first-order valence-electron chi connectivity index (χ1n) is 9.97. The van der Waals surface area contributed by atoms with Crippen LogP contribution in [0, 0.1) is 13.8 Å². The van der Waals surface area contributed by atoms with E-state index < -0.39 is 0 Å². The summed E-state index contributed by atoms with van der Waals surface area (Å²) in [5, 5.41) is 4.11. The van der Waals surface area contributed by atoms with Gasteiger partial charge in [0.05, 0.1) is 10.3 Å². The van der Waals surface area contributed by atoms with Crippen molar-refractivity contribution in [2.45, 2.75) is 46.1 Å². The highest BCUT2D eigenvalue weighted by molar-refractivity contribution is 7.20. The molecule has 0 aliphatic carbocycles. The molecule has 0 bridgehead atoms. The first-order valence-corrected chi connectivity index (χ1v) is 10.8. The number of hydrogen-bond acceptors (Lipinski definition) is 5. The third-order valence-corrected chi connectivity index (χ3v) is 6.72. The Morgan fingerprint density at radius 2 is 1.86 bits per heavy atom. The first kappa shape index (κ1) is 18.9. The van der Waals surface area contributed by atoms with Gasteiger partial charge < -0.3 is 10.2 Å². The Balaban J connectivity index is 1.61. The molecule has 1 aromatic carbocycles. The number of nitrogens with zero attached hydrogens (tertiary/aromatic N) is 3. The van der Waals surface area contributed by atoms with Crippen LogP contribution in [0.3, 0.4) is 0 Å². The molecular formula is C22H26N4OS. The van der Waals surface area contributed by atoms with E-state index in [-0.39, 0.29) is 5.91 Å². The van der Waals surface area contributed by atoms with Gasteiger partial charge >= 0.3 is 0 Å². The van der Waals surface area contributed by atoms with Crippen LogP contribution >= 0.6 is 11.3 Å². The van der Waals surface area contributed by atoms with Crippen molar-refractivity contribution in [3.05, 3.63) is 52.2 Å². The van der Waals surface area contributed by atoms with Crippen molar-refractivity contribution in [1.82, 2.24) is 15.3 Å². The average molecular weight is 395 g/mol. The van der Waals surface area contributed by atoms with Crippen LogP contribution in [-0.2, 0) is 6.54 Å². The number of amides is 1. The standard InChI is InChI=1S/C22H26N4OS/c1-15-9-5-6-10-17(15)13-23-21(27)19-16(2)18-20(24-14-25-22(18)28-19)26-11-7-3-4-8-12-26/h5-6,9-10,14H,3-4,7-8,11-13H2,1-2H3,(H,23,27). The molecular weight excluding hydrogens is 368 g/mol. The zero-order valence-electron chi connectivity index (χ0n) is 16.5. The molecule has 0 spiro atoms. The van der Waals surface area contributed by atoms with Gasteiger partial charge in [-0.15, -0.1) is 11.3 Å². The van der Waals surface area contributed by atoms with Crippen molar-refractivity contribution in [2.24, 2.45) is 0 Å². The van der Waals surface area contributed by atoms with Gasteiger partial charge in [-0.05, 0) is 43.4 Å². The summed E-state index contributed by atoms with van der Waals surface area (Å²) in [5.74, 6) is 0.948. The maximum Gasteiger partial charge on any atom is 0.261 e. The molecule has 0 atom stereocenters. The SMILES string of the molecule is Cc1ccccc1CNC(=O)c1sc2ncnc(N3CCCCCC3)c2c1C. The highest BCUT2D eigenvalue weighted by atomic mass is 32.1. The van der Waals surface area contributed by atoms with Crippen LogP contribution in [0.5, 0.6) is 0 Å². The number of carbonyl (C=O) groups excluding carboxylic acids is 1. The number of thiophene rings is 1. The van der Waals surface area contributed by atoms with E-state index in [0.29, 0.717) is 6.54 Å². The Labute approximate surface area is 169 Å². The van der Waals surface area contributed by atoms with Gasteiger partial charge in [0.1, 0.15) is 17.0 Å². The molecule has 0 radical (unpaired) electrons. The minimum absolute atomic E-state index is 0.0365. The number of hydrogen-bond donors (Lipinski definition) is 1. The fourth-order valence-electron chi connectivity index (χ4n) is 3.86. The molecule has 1 N–H and O–H groups in total. The minimum Gasteiger partial charge on any atom is -0.356 e. The van der Waals surface area contributed by atoms with Gasteiger partial charge in [0.15, 0.2) is 0 Å². The van der Waals surface area contributed by atoms with Crippen molar-refractivity contribution in [1.29, 1.82) is 0 Å². The van der Waals surface area contributed by atoms with Gasteiger partial charge in [-0.3, -0.25) is 4.79 Å². The van der Waals surface area contributed by atoms with E-state index in [1.165, 1.54) is 42.6 Å². The number of benzene rings is 1. The largest absolute Gasteiger partial charge is 0.356 e. The van der Waals surface area contributed by atoms with Crippen LogP contribution in [-0.4, -0.2) is 29.0 Å². The van der Waals surface area contributed by atoms with E-state index in [2.05, 4.69) is 39.2 Å². The van der Waals surface area contributed by atoms with Gasteiger partial charge in [0.25, 0.3) is 5.91 Å². The second-order valence-corrected chi connectivity index (χ2v) is 8.44. The molecule has 1 fully saturated rings. The van der Waals surface area contributed by atoms with E-state index in [1.54, 1.807) is 6.33 Å². The summed E-state index contributed by atoms with van der Waals surface area (Å²) < 4.78 is 0. The fourth-order valence-corrected chi connectivity index (χ4v) is 4.92. The molecule has 1 amide bonds. The van der Waals surface area contributed by atoms with Crippen molar-refractivity contribution >= 4 is 33.3 Å². The van der Waals surface area contributed by atoms with Crippen molar-refractivity contribution in [3.63, 3.8) is 0 Å². The normalized spacial score (nSPS) is 14.9. The molecule has 1 aliphatic rings. The van der Waals surface area contributed by atoms with E-state index in [4.69, 9.17) is 0 Å². The Morgan fingerprint density at radius 1 is 1.11 bits per heavy atom. The summed E-state index contributed by atoms with van der Waals surface area (Å²) in [4.78, 5) is 26.0.